The van der Waals surface area contributed by atoms with Gasteiger partial charge in [0.05, 0.1) is 37.5 Å². The van der Waals surface area contributed by atoms with Crippen LogP contribution in [-0.4, -0.2) is 79.3 Å². The second-order valence-corrected chi connectivity index (χ2v) is 9.29. The molecule has 3 heterocycles. The maximum atomic E-state index is 14.8. The molecule has 0 radical (unpaired) electrons. The minimum Gasteiger partial charge on any atom is -0.475 e. The molecule has 1 aromatic carbocycles. The maximum absolute atomic E-state index is 14.8. The molecule has 0 aliphatic carbocycles. The van der Waals surface area contributed by atoms with E-state index in [2.05, 4.69) is 15.2 Å². The number of ether oxygens (including phenoxy) is 2. The van der Waals surface area contributed by atoms with Crippen molar-refractivity contribution in [3.8, 4) is 17.0 Å². The zero-order chi connectivity index (χ0) is 26.7. The van der Waals surface area contributed by atoms with Crippen LogP contribution >= 0.6 is 0 Å². The Labute approximate surface area is 212 Å². The smallest absolute Gasteiger partial charge is 0.393 e. The summed E-state index contributed by atoms with van der Waals surface area (Å²) < 4.78 is 65.0. The van der Waals surface area contributed by atoms with E-state index >= 15 is 0 Å². The molecular formula is C25H30F4N4O4. The number of nitrogens with one attached hydrogen (secondary N) is 1. The van der Waals surface area contributed by atoms with Crippen molar-refractivity contribution in [1.29, 1.82) is 0 Å². The SMILES string of the molecule is Cc1cc(F)c(NC(=O)N2CC[C@H](C(F)(F)F)C2)cc1-c1cc(OCCO)nc(N2CCOC[C@H]2C)c1. The van der Waals surface area contributed by atoms with Gasteiger partial charge in [-0.1, -0.05) is 0 Å². The number of aliphatic hydroxyl groups is 1. The van der Waals surface area contributed by atoms with Gasteiger partial charge in [-0.25, -0.2) is 9.18 Å². The molecule has 2 atom stereocenters. The van der Waals surface area contributed by atoms with Gasteiger partial charge in [0.2, 0.25) is 5.88 Å². The fourth-order valence-electron chi connectivity index (χ4n) is 4.57. The summed E-state index contributed by atoms with van der Waals surface area (Å²) in [6, 6.07) is 5.46. The molecule has 1 aromatic heterocycles. The lowest BCUT2D eigenvalue weighted by Crippen LogP contribution is -2.44. The van der Waals surface area contributed by atoms with Crippen molar-refractivity contribution in [2.75, 3.05) is 56.3 Å². The zero-order valence-electron chi connectivity index (χ0n) is 20.6. The van der Waals surface area contributed by atoms with Gasteiger partial charge >= 0.3 is 12.2 Å². The summed E-state index contributed by atoms with van der Waals surface area (Å²) in [5, 5.41) is 11.6. The van der Waals surface area contributed by atoms with Gasteiger partial charge in [0.1, 0.15) is 18.2 Å². The van der Waals surface area contributed by atoms with Crippen molar-refractivity contribution < 1.29 is 36.9 Å². The van der Waals surface area contributed by atoms with Gasteiger partial charge < -0.3 is 29.7 Å². The zero-order valence-corrected chi connectivity index (χ0v) is 20.6. The summed E-state index contributed by atoms with van der Waals surface area (Å²) in [4.78, 5) is 20.3. The third kappa shape index (κ3) is 6.24. The Hall–Kier alpha value is -3.12. The molecular weight excluding hydrogens is 496 g/mol. The van der Waals surface area contributed by atoms with Crippen molar-refractivity contribution >= 4 is 17.5 Å². The average Bonchev–Trinajstić information content (AvgIpc) is 3.36. The number of likely N-dealkylation sites (tertiary alicyclic amines) is 1. The summed E-state index contributed by atoms with van der Waals surface area (Å²) in [5.41, 5.74) is 1.67. The molecule has 4 rings (SSSR count). The van der Waals surface area contributed by atoms with Gasteiger partial charge in [0, 0.05) is 25.7 Å². The number of aryl methyl sites for hydroxylation is 1. The Kier molecular flexibility index (Phi) is 8.08. The first kappa shape index (κ1) is 26.9. The second-order valence-electron chi connectivity index (χ2n) is 9.29. The standard InChI is InChI=1S/C25H30F4N4O4/c1-15-9-20(26)21(30-24(35)32-4-3-18(13-32)25(27,28)29)12-19(15)17-10-22(31-23(11-17)37-8-6-34)33-5-7-36-14-16(33)2/h9-12,16,18,34H,3-8,13-14H2,1-2H3,(H,30,35)/t16-,18+/m1/s1. The number of aromatic nitrogens is 1. The highest BCUT2D eigenvalue weighted by Gasteiger charge is 2.44. The highest BCUT2D eigenvalue weighted by Crippen LogP contribution is 2.36. The van der Waals surface area contributed by atoms with Crippen LogP contribution in [-0.2, 0) is 4.74 Å². The Bertz CT molecular complexity index is 1130. The molecule has 37 heavy (non-hydrogen) atoms. The summed E-state index contributed by atoms with van der Waals surface area (Å²) in [5.74, 6) is -1.41. The number of rotatable bonds is 6. The molecule has 0 bridgehead atoms. The number of amides is 2. The molecule has 0 spiro atoms. The monoisotopic (exact) mass is 526 g/mol. The number of halogens is 4. The highest BCUT2D eigenvalue weighted by atomic mass is 19.4. The summed E-state index contributed by atoms with van der Waals surface area (Å²) in [6.45, 7) is 4.68. The van der Waals surface area contributed by atoms with Crippen LogP contribution in [0.5, 0.6) is 5.88 Å². The van der Waals surface area contributed by atoms with Crippen molar-refractivity contribution in [1.82, 2.24) is 9.88 Å². The van der Waals surface area contributed by atoms with E-state index in [0.717, 1.165) is 4.90 Å². The topological polar surface area (TPSA) is 87.2 Å². The number of urea groups is 1. The second kappa shape index (κ2) is 11.1. The fourth-order valence-corrected chi connectivity index (χ4v) is 4.57. The van der Waals surface area contributed by atoms with E-state index in [4.69, 9.17) is 9.47 Å². The normalized spacial score (nSPS) is 20.3. The molecule has 2 aliphatic heterocycles. The number of pyridine rings is 1. The molecule has 2 N–H and O–H groups in total. The third-order valence-electron chi connectivity index (χ3n) is 6.60. The Morgan fingerprint density at radius 3 is 2.73 bits per heavy atom. The van der Waals surface area contributed by atoms with Gasteiger partial charge in [0.25, 0.3) is 0 Å². The number of hydrogen-bond donors (Lipinski definition) is 2. The maximum Gasteiger partial charge on any atom is 0.393 e. The van der Waals surface area contributed by atoms with Crippen LogP contribution in [0, 0.1) is 18.7 Å². The van der Waals surface area contributed by atoms with Crippen molar-refractivity contribution in [2.45, 2.75) is 32.5 Å². The van der Waals surface area contributed by atoms with Crippen molar-refractivity contribution in [3.63, 3.8) is 0 Å². The molecule has 0 saturated carbocycles. The van der Waals surface area contributed by atoms with Gasteiger partial charge in [0.15, 0.2) is 0 Å². The predicted octanol–water partition coefficient (Wildman–Crippen LogP) is 4.21. The molecule has 8 nitrogen and oxygen atoms in total. The Morgan fingerprint density at radius 1 is 1.27 bits per heavy atom. The molecule has 12 heteroatoms. The number of alkyl halides is 3. The number of aliphatic hydroxyl groups excluding tert-OH is 1. The molecule has 2 aromatic rings. The van der Waals surface area contributed by atoms with Crippen LogP contribution in [0.3, 0.4) is 0 Å². The van der Waals surface area contributed by atoms with Crippen molar-refractivity contribution in [3.05, 3.63) is 35.6 Å². The lowest BCUT2D eigenvalue weighted by molar-refractivity contribution is -0.169. The molecule has 2 fully saturated rings. The number of anilines is 2. The summed E-state index contributed by atoms with van der Waals surface area (Å²) in [7, 11) is 0. The van der Waals surface area contributed by atoms with Crippen LogP contribution in [0.1, 0.15) is 18.9 Å². The predicted molar refractivity (Wildman–Crippen MR) is 129 cm³/mol. The summed E-state index contributed by atoms with van der Waals surface area (Å²) >= 11 is 0. The van der Waals surface area contributed by atoms with Gasteiger partial charge in [-0.3, -0.25) is 0 Å². The molecule has 0 unspecified atom stereocenters. The Balaban J connectivity index is 1.63. The lowest BCUT2D eigenvalue weighted by atomic mass is 9.99. The first-order chi connectivity index (χ1) is 17.6. The van der Waals surface area contributed by atoms with Crippen LogP contribution in [0.2, 0.25) is 0 Å². The minimum absolute atomic E-state index is 0.0347. The lowest BCUT2D eigenvalue weighted by Gasteiger charge is -2.34. The number of carbonyl (C=O) groups excluding carboxylic acids is 1. The van der Waals surface area contributed by atoms with E-state index in [-0.39, 0.29) is 43.8 Å². The van der Waals surface area contributed by atoms with E-state index in [1.807, 2.05) is 13.0 Å². The highest BCUT2D eigenvalue weighted by molar-refractivity contribution is 5.91. The first-order valence-corrected chi connectivity index (χ1v) is 12.1. The number of nitrogens with zero attached hydrogens (tertiary/aromatic N) is 3. The number of morpholine rings is 1. The third-order valence-corrected chi connectivity index (χ3v) is 6.60. The molecule has 202 valence electrons. The largest absolute Gasteiger partial charge is 0.475 e. The van der Waals surface area contributed by atoms with E-state index in [1.54, 1.807) is 13.0 Å². The summed E-state index contributed by atoms with van der Waals surface area (Å²) in [6.07, 6.45) is -4.57. The number of carbonyl (C=O) groups is 1. The van der Waals surface area contributed by atoms with Crippen LogP contribution in [0.25, 0.3) is 11.1 Å². The van der Waals surface area contributed by atoms with E-state index in [1.165, 1.54) is 12.1 Å². The first-order valence-electron chi connectivity index (χ1n) is 12.1. The molecule has 2 amide bonds. The Morgan fingerprint density at radius 2 is 2.05 bits per heavy atom. The fraction of sp³-hybridized carbons (Fsp3) is 0.520. The number of benzene rings is 1. The number of hydrogen-bond acceptors (Lipinski definition) is 6. The van der Waals surface area contributed by atoms with E-state index in [9.17, 15) is 27.5 Å². The van der Waals surface area contributed by atoms with Gasteiger partial charge in [-0.2, -0.15) is 18.2 Å². The van der Waals surface area contributed by atoms with Gasteiger partial charge in [-0.05, 0) is 55.2 Å². The van der Waals surface area contributed by atoms with E-state index < -0.39 is 30.5 Å². The van der Waals surface area contributed by atoms with Crippen molar-refractivity contribution in [2.24, 2.45) is 5.92 Å². The van der Waals surface area contributed by atoms with E-state index in [0.29, 0.717) is 42.3 Å². The van der Waals surface area contributed by atoms with Crippen LogP contribution in [0.15, 0.2) is 24.3 Å². The van der Waals surface area contributed by atoms with Crippen LogP contribution in [0.4, 0.5) is 33.9 Å². The molecule has 2 aliphatic rings. The van der Waals surface area contributed by atoms with Gasteiger partial charge in [-0.15, -0.1) is 0 Å². The quantitative estimate of drug-likeness (QED) is 0.549. The molecule has 2 saturated heterocycles. The van der Waals surface area contributed by atoms with Crippen LogP contribution < -0.4 is 15.0 Å². The minimum atomic E-state index is -4.38. The average molecular weight is 527 g/mol.